The van der Waals surface area contributed by atoms with E-state index in [1.165, 1.54) is 35.6 Å². The predicted octanol–water partition coefficient (Wildman–Crippen LogP) is 5.28. The van der Waals surface area contributed by atoms with Crippen LogP contribution < -0.4 is 10.5 Å². The Bertz CT molecular complexity index is 1390. The van der Waals surface area contributed by atoms with E-state index in [1.807, 2.05) is 0 Å². The van der Waals surface area contributed by atoms with Crippen molar-refractivity contribution < 1.29 is 17.6 Å². The maximum absolute atomic E-state index is 13.4. The number of hydrogen-bond acceptors (Lipinski definition) is 5. The molecule has 32 heavy (non-hydrogen) atoms. The zero-order valence-electron chi connectivity index (χ0n) is 16.2. The van der Waals surface area contributed by atoms with Crippen LogP contribution >= 0.6 is 27.3 Å². The van der Waals surface area contributed by atoms with Gasteiger partial charge in [-0.3, -0.25) is 10.1 Å². The average molecular weight is 532 g/mol. The van der Waals surface area contributed by atoms with Gasteiger partial charge < -0.3 is 0 Å². The zero-order valence-corrected chi connectivity index (χ0v) is 19.5. The van der Waals surface area contributed by atoms with Gasteiger partial charge in [0.2, 0.25) is 10.0 Å². The van der Waals surface area contributed by atoms with Gasteiger partial charge in [0, 0.05) is 15.6 Å². The van der Waals surface area contributed by atoms with E-state index < -0.39 is 10.0 Å². The van der Waals surface area contributed by atoms with Crippen LogP contribution in [-0.4, -0.2) is 19.3 Å². The van der Waals surface area contributed by atoms with E-state index in [0.717, 1.165) is 4.47 Å². The number of rotatable bonds is 5. The first-order chi connectivity index (χ1) is 15.2. The Labute approximate surface area is 196 Å². The van der Waals surface area contributed by atoms with E-state index in [2.05, 4.69) is 26.2 Å². The summed E-state index contributed by atoms with van der Waals surface area (Å²) in [5, 5.41) is 8.31. The van der Waals surface area contributed by atoms with Crippen LogP contribution in [-0.2, 0) is 10.0 Å². The number of nitrogens with two attached hydrogens (primary N) is 1. The lowest BCUT2D eigenvalue weighted by Crippen LogP contribution is -2.11. The van der Waals surface area contributed by atoms with Crippen molar-refractivity contribution in [3.05, 3.63) is 88.6 Å². The van der Waals surface area contributed by atoms with Gasteiger partial charge in [0.1, 0.15) is 5.82 Å². The van der Waals surface area contributed by atoms with Crippen LogP contribution in [0.4, 0.5) is 9.52 Å². The highest BCUT2D eigenvalue weighted by Gasteiger charge is 2.18. The van der Waals surface area contributed by atoms with Gasteiger partial charge >= 0.3 is 0 Å². The summed E-state index contributed by atoms with van der Waals surface area (Å²) in [6.07, 6.45) is 0. The van der Waals surface area contributed by atoms with E-state index in [-0.39, 0.29) is 16.6 Å². The number of aromatic nitrogens is 1. The highest BCUT2D eigenvalue weighted by atomic mass is 79.9. The standard InChI is InChI=1S/C22H15BrFN3O3S2/c23-16-7-1-15(2-8-16)21(28)27-22-26-19(13-5-11-18(12-6-13)32(25,29)30)20(31-22)14-3-9-17(24)10-4-14/h1-12H,(H2,25,29,30)(H,26,27,28). The first kappa shape index (κ1) is 22.3. The Balaban J connectivity index is 1.74. The molecule has 3 N–H and O–H groups in total. The van der Waals surface area contributed by atoms with Gasteiger partial charge in [-0.15, -0.1) is 0 Å². The van der Waals surface area contributed by atoms with Gasteiger partial charge in [-0.25, -0.2) is 22.9 Å². The minimum absolute atomic E-state index is 0.0245. The van der Waals surface area contributed by atoms with Crippen LogP contribution in [0.15, 0.2) is 82.2 Å². The Hall–Kier alpha value is -2.92. The molecular formula is C22H15BrFN3O3S2. The molecule has 4 rings (SSSR count). The van der Waals surface area contributed by atoms with Crippen LogP contribution in [0.3, 0.4) is 0 Å². The number of benzene rings is 3. The van der Waals surface area contributed by atoms with E-state index in [9.17, 15) is 17.6 Å². The minimum Gasteiger partial charge on any atom is -0.298 e. The van der Waals surface area contributed by atoms with E-state index in [4.69, 9.17) is 5.14 Å². The van der Waals surface area contributed by atoms with Crippen LogP contribution in [0.25, 0.3) is 21.7 Å². The monoisotopic (exact) mass is 531 g/mol. The second-order valence-electron chi connectivity index (χ2n) is 6.73. The number of primary sulfonamides is 1. The molecule has 10 heteroatoms. The molecular weight excluding hydrogens is 517 g/mol. The Kier molecular flexibility index (Phi) is 6.20. The third-order valence-corrected chi connectivity index (χ3v) is 6.99. The Morgan fingerprint density at radius 1 is 0.938 bits per heavy atom. The molecule has 0 aliphatic rings. The SMILES string of the molecule is NS(=O)(=O)c1ccc(-c2nc(NC(=O)c3ccc(Br)cc3)sc2-c2ccc(F)cc2)cc1. The summed E-state index contributed by atoms with van der Waals surface area (Å²) >= 11 is 4.57. The van der Waals surface area contributed by atoms with Gasteiger partial charge in [-0.05, 0) is 54.1 Å². The summed E-state index contributed by atoms with van der Waals surface area (Å²) in [5.74, 6) is -0.700. The summed E-state index contributed by atoms with van der Waals surface area (Å²) < 4.78 is 37.4. The molecule has 0 aliphatic carbocycles. The van der Waals surface area contributed by atoms with Crippen molar-refractivity contribution in [2.45, 2.75) is 4.90 Å². The van der Waals surface area contributed by atoms with Crippen LogP contribution in [0.2, 0.25) is 0 Å². The predicted molar refractivity (Wildman–Crippen MR) is 126 cm³/mol. The fourth-order valence-electron chi connectivity index (χ4n) is 2.94. The number of halogens is 2. The molecule has 0 bridgehead atoms. The molecule has 4 aromatic rings. The molecule has 1 heterocycles. The van der Waals surface area contributed by atoms with Crippen molar-refractivity contribution >= 4 is 48.3 Å². The van der Waals surface area contributed by atoms with Crippen LogP contribution in [0.5, 0.6) is 0 Å². The summed E-state index contributed by atoms with van der Waals surface area (Å²) in [4.78, 5) is 17.9. The molecule has 6 nitrogen and oxygen atoms in total. The van der Waals surface area contributed by atoms with Crippen LogP contribution in [0.1, 0.15) is 10.4 Å². The Morgan fingerprint density at radius 3 is 2.12 bits per heavy atom. The minimum atomic E-state index is -3.83. The number of anilines is 1. The molecule has 1 amide bonds. The lowest BCUT2D eigenvalue weighted by Gasteiger charge is -2.04. The molecule has 0 unspecified atom stereocenters. The van der Waals surface area contributed by atoms with Gasteiger partial charge in [0.05, 0.1) is 15.5 Å². The summed E-state index contributed by atoms with van der Waals surface area (Å²) in [6.45, 7) is 0. The van der Waals surface area contributed by atoms with Crippen molar-refractivity contribution in [3.63, 3.8) is 0 Å². The molecule has 3 aromatic carbocycles. The number of hydrogen-bond donors (Lipinski definition) is 2. The maximum atomic E-state index is 13.4. The first-order valence-corrected chi connectivity index (χ1v) is 12.3. The molecule has 0 fully saturated rings. The number of carbonyl (C=O) groups excluding carboxylic acids is 1. The lowest BCUT2D eigenvalue weighted by molar-refractivity contribution is 0.102. The second kappa shape index (κ2) is 8.91. The molecule has 0 saturated heterocycles. The van der Waals surface area contributed by atoms with Crippen molar-refractivity contribution in [3.8, 4) is 21.7 Å². The topological polar surface area (TPSA) is 102 Å². The third kappa shape index (κ3) is 4.94. The van der Waals surface area contributed by atoms with E-state index in [0.29, 0.717) is 32.4 Å². The third-order valence-electron chi connectivity index (χ3n) is 4.52. The number of amides is 1. The molecule has 0 spiro atoms. The summed E-state index contributed by atoms with van der Waals surface area (Å²) in [7, 11) is -3.83. The normalized spacial score (nSPS) is 11.3. The Morgan fingerprint density at radius 2 is 1.53 bits per heavy atom. The number of sulfonamides is 1. The molecule has 0 aliphatic heterocycles. The quantitative estimate of drug-likeness (QED) is 0.365. The van der Waals surface area contributed by atoms with Gasteiger partial charge in [-0.2, -0.15) is 0 Å². The number of nitrogens with one attached hydrogen (secondary N) is 1. The first-order valence-electron chi connectivity index (χ1n) is 9.17. The van der Waals surface area contributed by atoms with Crippen molar-refractivity contribution in [2.24, 2.45) is 5.14 Å². The lowest BCUT2D eigenvalue weighted by atomic mass is 10.1. The maximum Gasteiger partial charge on any atom is 0.257 e. The highest BCUT2D eigenvalue weighted by molar-refractivity contribution is 9.10. The van der Waals surface area contributed by atoms with Crippen molar-refractivity contribution in [2.75, 3.05) is 5.32 Å². The van der Waals surface area contributed by atoms with E-state index in [1.54, 1.807) is 48.5 Å². The zero-order chi connectivity index (χ0) is 22.9. The highest BCUT2D eigenvalue weighted by Crippen LogP contribution is 2.39. The van der Waals surface area contributed by atoms with Crippen LogP contribution in [0, 0.1) is 5.82 Å². The molecule has 1 aromatic heterocycles. The summed E-state index contributed by atoms with van der Waals surface area (Å²) in [6, 6.07) is 18.7. The number of thiazole rings is 1. The van der Waals surface area contributed by atoms with Gasteiger partial charge in [-0.1, -0.05) is 51.5 Å². The fourth-order valence-corrected chi connectivity index (χ4v) is 4.71. The number of nitrogens with zero attached hydrogens (tertiary/aromatic N) is 1. The van der Waals surface area contributed by atoms with Crippen molar-refractivity contribution in [1.29, 1.82) is 0 Å². The molecule has 0 saturated carbocycles. The second-order valence-corrected chi connectivity index (χ2v) is 10.2. The van der Waals surface area contributed by atoms with Gasteiger partial charge in [0.15, 0.2) is 5.13 Å². The fraction of sp³-hybridized carbons (Fsp3) is 0. The molecule has 0 radical (unpaired) electrons. The van der Waals surface area contributed by atoms with Gasteiger partial charge in [0.25, 0.3) is 5.91 Å². The molecule has 162 valence electrons. The summed E-state index contributed by atoms with van der Waals surface area (Å²) in [5.41, 5.74) is 2.31. The van der Waals surface area contributed by atoms with Crippen molar-refractivity contribution in [1.82, 2.24) is 4.98 Å². The molecule has 0 atom stereocenters. The average Bonchev–Trinajstić information content (AvgIpc) is 3.18. The number of carbonyl (C=O) groups is 1. The smallest absolute Gasteiger partial charge is 0.257 e. The largest absolute Gasteiger partial charge is 0.298 e. The van der Waals surface area contributed by atoms with E-state index >= 15 is 0 Å².